The number of non-ortho nitro benzene ring substituents is 1. The van der Waals surface area contributed by atoms with Crippen molar-refractivity contribution in [1.82, 2.24) is 10.0 Å². The molecule has 1 aliphatic heterocycles. The molecule has 0 N–H and O–H groups in total. The number of carbonyl (C=O) groups is 4. The Morgan fingerprint density at radius 2 is 1.59 bits per heavy atom. The third-order valence-electron chi connectivity index (χ3n) is 6.15. The molecule has 2 aliphatic rings. The van der Waals surface area contributed by atoms with E-state index in [-0.39, 0.29) is 26.9 Å². The predicted octanol–water partition coefficient (Wildman–Crippen LogP) is 4.32. The summed E-state index contributed by atoms with van der Waals surface area (Å²) in [6, 6.07) is 8.98. The summed E-state index contributed by atoms with van der Waals surface area (Å²) in [5.74, 6) is -3.53. The Hall–Kier alpha value is -3.30. The van der Waals surface area contributed by atoms with Crippen molar-refractivity contribution in [3.05, 3.63) is 73.8 Å². The fraction of sp³-hybridized carbons (Fsp3) is 0.304. The summed E-state index contributed by atoms with van der Waals surface area (Å²) < 4.78 is 0. The summed E-state index contributed by atoms with van der Waals surface area (Å²) in [7, 11) is 0. The van der Waals surface area contributed by atoms with Gasteiger partial charge in [-0.25, -0.2) is 5.01 Å². The van der Waals surface area contributed by atoms with Gasteiger partial charge in [-0.05, 0) is 43.2 Å². The van der Waals surface area contributed by atoms with Crippen molar-refractivity contribution in [2.45, 2.75) is 25.7 Å². The van der Waals surface area contributed by atoms with Crippen LogP contribution in [0.2, 0.25) is 10.0 Å². The molecular weight excluding hydrogens is 485 g/mol. The van der Waals surface area contributed by atoms with E-state index in [4.69, 9.17) is 23.2 Å². The van der Waals surface area contributed by atoms with Crippen molar-refractivity contribution in [2.75, 3.05) is 6.54 Å². The van der Waals surface area contributed by atoms with Crippen molar-refractivity contribution in [1.29, 1.82) is 0 Å². The van der Waals surface area contributed by atoms with Crippen LogP contribution < -0.4 is 0 Å². The number of ketones is 1. The molecule has 1 saturated carbocycles. The molecule has 0 radical (unpaired) electrons. The zero-order valence-corrected chi connectivity index (χ0v) is 19.3. The van der Waals surface area contributed by atoms with Gasteiger partial charge in [0, 0.05) is 22.7 Å². The van der Waals surface area contributed by atoms with Crippen molar-refractivity contribution >= 4 is 52.4 Å². The van der Waals surface area contributed by atoms with Gasteiger partial charge >= 0.3 is 0 Å². The summed E-state index contributed by atoms with van der Waals surface area (Å²) in [5, 5.41) is 12.8. The first-order chi connectivity index (χ1) is 16.2. The van der Waals surface area contributed by atoms with E-state index in [0.29, 0.717) is 12.8 Å². The smallest absolute Gasteiger partial charge is 0.274 e. The number of hydrogen-bond acceptors (Lipinski definition) is 6. The molecule has 2 fully saturated rings. The molecule has 4 rings (SSSR count). The summed E-state index contributed by atoms with van der Waals surface area (Å²) in [6.07, 6.45) is 2.66. The number of rotatable bonds is 6. The third-order valence-corrected chi connectivity index (χ3v) is 6.70. The molecule has 34 heavy (non-hydrogen) atoms. The van der Waals surface area contributed by atoms with E-state index in [1.54, 1.807) is 0 Å². The minimum Gasteiger partial charge on any atom is -0.292 e. The molecule has 176 valence electrons. The number of benzene rings is 2. The normalized spacial score (nSPS) is 19.6. The molecule has 1 heterocycles. The number of nitro groups is 1. The largest absolute Gasteiger partial charge is 0.292 e. The van der Waals surface area contributed by atoms with Crippen LogP contribution >= 0.6 is 23.2 Å². The number of hydrogen-bond donors (Lipinski definition) is 0. The first-order valence-corrected chi connectivity index (χ1v) is 11.4. The lowest BCUT2D eigenvalue weighted by molar-refractivity contribution is -0.384. The molecule has 0 aromatic heterocycles. The predicted molar refractivity (Wildman–Crippen MR) is 122 cm³/mol. The lowest BCUT2D eigenvalue weighted by Gasteiger charge is -2.30. The number of nitro benzene ring substituents is 1. The SMILES string of the molecule is O=C(CN(C(=O)c1ccc(Cl)cc1Cl)N1C(=O)[C@H]2CCCC[C@@H]2C1=O)c1ccc([N+](=O)[O-])cc1. The first kappa shape index (κ1) is 23.8. The van der Waals surface area contributed by atoms with Crippen LogP contribution in [0.5, 0.6) is 0 Å². The minimum atomic E-state index is -0.808. The Labute approximate surface area is 204 Å². The van der Waals surface area contributed by atoms with Gasteiger partial charge in [-0.15, -0.1) is 0 Å². The molecule has 3 amide bonds. The average molecular weight is 504 g/mol. The molecule has 2 aromatic carbocycles. The second-order valence-electron chi connectivity index (χ2n) is 8.20. The fourth-order valence-corrected chi connectivity index (χ4v) is 4.90. The monoisotopic (exact) mass is 503 g/mol. The molecule has 0 unspecified atom stereocenters. The standard InChI is InChI=1S/C23H19Cl2N3O6/c24-14-7-10-18(19(25)11-14)21(30)26(12-20(29)13-5-8-15(9-6-13)28(33)34)27-22(31)16-3-1-2-4-17(16)23(27)32/h5-11,16-17H,1-4,12H2/t16-,17-/m0/s1. The van der Waals surface area contributed by atoms with E-state index in [1.807, 2.05) is 0 Å². The highest BCUT2D eigenvalue weighted by Crippen LogP contribution is 2.39. The summed E-state index contributed by atoms with van der Waals surface area (Å²) in [5.41, 5.74) is -0.147. The van der Waals surface area contributed by atoms with Crippen molar-refractivity contribution in [2.24, 2.45) is 11.8 Å². The van der Waals surface area contributed by atoms with E-state index >= 15 is 0 Å². The van der Waals surface area contributed by atoms with Crippen molar-refractivity contribution in [3.8, 4) is 0 Å². The quantitative estimate of drug-likeness (QED) is 0.250. The molecule has 0 bridgehead atoms. The molecule has 2 atom stereocenters. The number of halogens is 2. The average Bonchev–Trinajstić information content (AvgIpc) is 3.07. The van der Waals surface area contributed by atoms with Crippen LogP contribution in [0.1, 0.15) is 46.4 Å². The second kappa shape index (κ2) is 9.52. The van der Waals surface area contributed by atoms with Gasteiger partial charge in [-0.3, -0.25) is 29.3 Å². The summed E-state index contributed by atoms with van der Waals surface area (Å²) in [4.78, 5) is 63.2. The highest BCUT2D eigenvalue weighted by molar-refractivity contribution is 6.36. The maximum absolute atomic E-state index is 13.5. The van der Waals surface area contributed by atoms with Crippen LogP contribution in [0, 0.1) is 22.0 Å². The molecular formula is C23H19Cl2N3O6. The molecule has 2 aromatic rings. The highest BCUT2D eigenvalue weighted by Gasteiger charge is 2.52. The van der Waals surface area contributed by atoms with Crippen LogP contribution in [0.25, 0.3) is 0 Å². The van der Waals surface area contributed by atoms with E-state index in [2.05, 4.69) is 0 Å². The number of nitrogens with zero attached hydrogens (tertiary/aromatic N) is 3. The van der Waals surface area contributed by atoms with Gasteiger partial charge in [0.05, 0.1) is 27.3 Å². The number of Topliss-reactive ketones (excluding diaryl/α,β-unsaturated/α-hetero) is 1. The van der Waals surface area contributed by atoms with Gasteiger partial charge in [0.2, 0.25) is 0 Å². The van der Waals surface area contributed by atoms with Crippen LogP contribution in [0.15, 0.2) is 42.5 Å². The number of hydrazine groups is 1. The van der Waals surface area contributed by atoms with Gasteiger partial charge in [-0.2, -0.15) is 5.01 Å². The molecule has 1 saturated heterocycles. The number of fused-ring (bicyclic) bond motifs is 1. The number of imide groups is 1. The Morgan fingerprint density at radius 3 is 2.12 bits per heavy atom. The topological polar surface area (TPSA) is 118 Å². The highest BCUT2D eigenvalue weighted by atomic mass is 35.5. The van der Waals surface area contributed by atoms with Crippen molar-refractivity contribution < 1.29 is 24.1 Å². The van der Waals surface area contributed by atoms with Gasteiger partial charge < -0.3 is 0 Å². The van der Waals surface area contributed by atoms with Gasteiger partial charge in [0.25, 0.3) is 23.4 Å². The molecule has 11 heteroatoms. The van der Waals surface area contributed by atoms with E-state index < -0.39 is 46.8 Å². The lowest BCUT2D eigenvalue weighted by Crippen LogP contribution is -2.52. The zero-order valence-electron chi connectivity index (χ0n) is 17.8. The Balaban J connectivity index is 1.70. The minimum absolute atomic E-state index is 0.00166. The van der Waals surface area contributed by atoms with Crippen LogP contribution in [-0.4, -0.2) is 45.0 Å². The van der Waals surface area contributed by atoms with E-state index in [0.717, 1.165) is 35.0 Å². The Morgan fingerprint density at radius 1 is 1.00 bits per heavy atom. The van der Waals surface area contributed by atoms with E-state index in [1.165, 1.54) is 30.3 Å². The second-order valence-corrected chi connectivity index (χ2v) is 9.04. The zero-order chi connectivity index (χ0) is 24.6. The van der Waals surface area contributed by atoms with Crippen LogP contribution in [0.4, 0.5) is 5.69 Å². The lowest BCUT2D eigenvalue weighted by atomic mass is 9.81. The summed E-state index contributed by atoms with van der Waals surface area (Å²) in [6.45, 7) is -0.632. The van der Waals surface area contributed by atoms with Crippen LogP contribution in [-0.2, 0) is 9.59 Å². The third kappa shape index (κ3) is 4.41. The first-order valence-electron chi connectivity index (χ1n) is 10.6. The molecule has 1 aliphatic carbocycles. The fourth-order valence-electron chi connectivity index (χ4n) is 4.41. The van der Waals surface area contributed by atoms with Crippen molar-refractivity contribution in [3.63, 3.8) is 0 Å². The van der Waals surface area contributed by atoms with Gasteiger partial charge in [0.1, 0.15) is 6.54 Å². The van der Waals surface area contributed by atoms with Gasteiger partial charge in [-0.1, -0.05) is 36.0 Å². The Kier molecular flexibility index (Phi) is 6.67. The van der Waals surface area contributed by atoms with Crippen LogP contribution in [0.3, 0.4) is 0 Å². The number of amides is 3. The molecule has 0 spiro atoms. The maximum atomic E-state index is 13.5. The summed E-state index contributed by atoms with van der Waals surface area (Å²) >= 11 is 12.1. The van der Waals surface area contributed by atoms with E-state index in [9.17, 15) is 29.3 Å². The van der Waals surface area contributed by atoms with Gasteiger partial charge in [0.15, 0.2) is 5.78 Å². The maximum Gasteiger partial charge on any atom is 0.274 e. The Bertz CT molecular complexity index is 1180. The molecule has 9 nitrogen and oxygen atoms in total. The number of carbonyl (C=O) groups excluding carboxylic acids is 4.